The van der Waals surface area contributed by atoms with Gasteiger partial charge in [-0.05, 0) is 100 Å². The van der Waals surface area contributed by atoms with Gasteiger partial charge in [0.15, 0.2) is 12.6 Å². The third-order valence-corrected chi connectivity index (χ3v) is 10.2. The van der Waals surface area contributed by atoms with Crippen LogP contribution in [0.3, 0.4) is 0 Å². The number of rotatable bonds is 9. The lowest BCUT2D eigenvalue weighted by Gasteiger charge is -2.40. The molecule has 3 heterocycles. The van der Waals surface area contributed by atoms with Crippen LogP contribution in [-0.4, -0.2) is 46.8 Å². The minimum absolute atomic E-state index is 0.100. The molecule has 2 aliphatic heterocycles. The van der Waals surface area contributed by atoms with Crippen LogP contribution in [0.4, 0.5) is 5.82 Å². The number of aryl methyl sites for hydroxylation is 1. The van der Waals surface area contributed by atoms with Gasteiger partial charge >= 0.3 is 0 Å². The molecular formula is C41H37N3O4. The maximum absolute atomic E-state index is 11.3. The van der Waals surface area contributed by atoms with Crippen LogP contribution >= 0.6 is 0 Å². The Bertz CT molecular complexity index is 1920. The van der Waals surface area contributed by atoms with Gasteiger partial charge in [0.25, 0.3) is 0 Å². The van der Waals surface area contributed by atoms with Crippen LogP contribution in [0.25, 0.3) is 0 Å². The highest BCUT2D eigenvalue weighted by atomic mass is 16.5. The molecule has 1 N–H and O–H groups in total. The van der Waals surface area contributed by atoms with Gasteiger partial charge in [-0.15, -0.1) is 0 Å². The summed E-state index contributed by atoms with van der Waals surface area (Å²) in [5.41, 5.74) is 9.37. The maximum Gasteiger partial charge on any atom is 0.150 e. The van der Waals surface area contributed by atoms with Gasteiger partial charge in [0.2, 0.25) is 0 Å². The van der Waals surface area contributed by atoms with Crippen molar-refractivity contribution in [2.75, 3.05) is 18.0 Å². The number of anilines is 1. The largest absolute Gasteiger partial charge is 0.508 e. The number of aldehydes is 2. The summed E-state index contributed by atoms with van der Waals surface area (Å²) in [4.78, 5) is 32.0. The monoisotopic (exact) mass is 635 g/mol. The lowest BCUT2D eigenvalue weighted by molar-refractivity contribution is 0.109. The highest BCUT2D eigenvalue weighted by molar-refractivity contribution is 5.91. The van der Waals surface area contributed by atoms with Crippen molar-refractivity contribution in [2.45, 2.75) is 50.4 Å². The average Bonchev–Trinajstić information content (AvgIpc) is 3.50. The number of phenolic OH excluding ortho intramolecular Hbond substituents is 1. The van der Waals surface area contributed by atoms with E-state index in [0.717, 1.165) is 86.4 Å². The fourth-order valence-electron chi connectivity index (χ4n) is 7.75. The van der Waals surface area contributed by atoms with Crippen molar-refractivity contribution in [2.24, 2.45) is 0 Å². The number of phenols is 1. The van der Waals surface area contributed by atoms with Gasteiger partial charge in [-0.3, -0.25) is 14.5 Å². The molecule has 5 aromatic rings. The summed E-state index contributed by atoms with van der Waals surface area (Å²) in [6, 6.07) is 33.1. The third-order valence-electron chi connectivity index (χ3n) is 10.2. The van der Waals surface area contributed by atoms with Crippen molar-refractivity contribution in [1.82, 2.24) is 9.88 Å². The van der Waals surface area contributed by atoms with Gasteiger partial charge in [-0.1, -0.05) is 54.6 Å². The number of pyridine rings is 1. The molecule has 8 rings (SSSR count). The Morgan fingerprint density at radius 1 is 0.792 bits per heavy atom. The second-order valence-electron chi connectivity index (χ2n) is 13.3. The van der Waals surface area contributed by atoms with Gasteiger partial charge in [-0.25, -0.2) is 4.98 Å². The zero-order chi connectivity index (χ0) is 32.6. The second kappa shape index (κ2) is 12.7. The van der Waals surface area contributed by atoms with E-state index >= 15 is 0 Å². The van der Waals surface area contributed by atoms with Gasteiger partial charge < -0.3 is 14.7 Å². The van der Waals surface area contributed by atoms with Crippen molar-refractivity contribution in [3.8, 4) is 11.5 Å². The SMILES string of the molecule is O=Cc1cc2c(cc1C=O)CN(Cc1ccc(N3CC(Oc4ccc(C5c6ccc(O)cc6CCC5c5ccccc5)cc4)C3)nc1)C2. The van der Waals surface area contributed by atoms with E-state index in [1.165, 1.54) is 22.3 Å². The van der Waals surface area contributed by atoms with Crippen LogP contribution < -0.4 is 9.64 Å². The molecule has 0 saturated carbocycles. The number of carbonyl (C=O) groups excluding carboxylic acids is 2. The molecule has 2 atom stereocenters. The summed E-state index contributed by atoms with van der Waals surface area (Å²) in [7, 11) is 0. The van der Waals surface area contributed by atoms with Gasteiger partial charge in [0, 0.05) is 42.9 Å². The van der Waals surface area contributed by atoms with E-state index in [1.807, 2.05) is 30.5 Å². The summed E-state index contributed by atoms with van der Waals surface area (Å²) in [6.45, 7) is 3.80. The average molecular weight is 636 g/mol. The summed E-state index contributed by atoms with van der Waals surface area (Å²) in [5.74, 6) is 2.73. The number of aromatic hydroxyl groups is 1. The zero-order valence-electron chi connectivity index (χ0n) is 26.7. The van der Waals surface area contributed by atoms with Crippen molar-refractivity contribution in [1.29, 1.82) is 0 Å². The first kappa shape index (κ1) is 30.1. The summed E-state index contributed by atoms with van der Waals surface area (Å²) in [6.07, 6.45) is 5.54. The number of carbonyl (C=O) groups is 2. The molecule has 0 radical (unpaired) electrons. The lowest BCUT2D eigenvalue weighted by Crippen LogP contribution is -2.54. The summed E-state index contributed by atoms with van der Waals surface area (Å²) < 4.78 is 6.36. The lowest BCUT2D eigenvalue weighted by atomic mass is 9.69. The van der Waals surface area contributed by atoms with E-state index in [4.69, 9.17) is 9.72 Å². The first-order valence-electron chi connectivity index (χ1n) is 16.7. The van der Waals surface area contributed by atoms with E-state index in [9.17, 15) is 14.7 Å². The van der Waals surface area contributed by atoms with Crippen molar-refractivity contribution >= 4 is 18.4 Å². The molecule has 0 bridgehead atoms. The molecule has 1 fully saturated rings. The molecular weight excluding hydrogens is 598 g/mol. The van der Waals surface area contributed by atoms with Crippen LogP contribution in [-0.2, 0) is 26.1 Å². The normalized spacial score (nSPS) is 18.9. The minimum atomic E-state index is 0.100. The fourth-order valence-corrected chi connectivity index (χ4v) is 7.75. The number of aromatic nitrogens is 1. The number of hydrogen-bond acceptors (Lipinski definition) is 7. The molecule has 1 aromatic heterocycles. The van der Waals surface area contributed by atoms with E-state index in [2.05, 4.69) is 82.6 Å². The van der Waals surface area contributed by atoms with E-state index < -0.39 is 0 Å². The van der Waals surface area contributed by atoms with Crippen LogP contribution in [0, 0.1) is 0 Å². The second-order valence-corrected chi connectivity index (χ2v) is 13.3. The topological polar surface area (TPSA) is 83.0 Å². The maximum atomic E-state index is 11.3. The highest BCUT2D eigenvalue weighted by Gasteiger charge is 2.33. The first-order valence-corrected chi connectivity index (χ1v) is 16.7. The standard InChI is InChI=1S/C41H37N3O4/c45-25-33-16-31-21-43(22-32(31)17-34(33)26-46)20-27-6-15-40(42-19-27)44-23-37(24-44)48-36-11-7-29(8-12-36)41-38(28-4-2-1-3-5-28)13-9-30-18-35(47)10-14-39(30)41/h1-8,10-12,14-19,25-26,37-38,41,47H,9,13,20-24H2. The molecule has 4 aromatic carbocycles. The molecule has 240 valence electrons. The number of fused-ring (bicyclic) bond motifs is 2. The Hall–Kier alpha value is -5.27. The quantitative estimate of drug-likeness (QED) is 0.174. The van der Waals surface area contributed by atoms with Crippen LogP contribution in [0.5, 0.6) is 11.5 Å². The van der Waals surface area contributed by atoms with Crippen LogP contribution in [0.2, 0.25) is 0 Å². The van der Waals surface area contributed by atoms with Crippen molar-refractivity contribution in [3.05, 3.63) is 153 Å². The molecule has 3 aliphatic rings. The van der Waals surface area contributed by atoms with E-state index in [-0.39, 0.29) is 12.0 Å². The first-order chi connectivity index (χ1) is 23.5. The molecule has 7 heteroatoms. The predicted molar refractivity (Wildman–Crippen MR) is 185 cm³/mol. The predicted octanol–water partition coefficient (Wildman–Crippen LogP) is 7.06. The number of hydrogen-bond donors (Lipinski definition) is 1. The number of benzene rings is 4. The Morgan fingerprint density at radius 3 is 2.19 bits per heavy atom. The van der Waals surface area contributed by atoms with E-state index in [1.54, 1.807) is 0 Å². The summed E-state index contributed by atoms with van der Waals surface area (Å²) in [5, 5.41) is 10.1. The zero-order valence-corrected chi connectivity index (χ0v) is 26.7. The van der Waals surface area contributed by atoms with Gasteiger partial charge in [-0.2, -0.15) is 0 Å². The highest BCUT2D eigenvalue weighted by Crippen LogP contribution is 2.47. The molecule has 1 saturated heterocycles. The van der Waals surface area contributed by atoms with Gasteiger partial charge in [0.05, 0.1) is 13.1 Å². The van der Waals surface area contributed by atoms with E-state index in [0.29, 0.717) is 22.8 Å². The van der Waals surface area contributed by atoms with Crippen molar-refractivity contribution < 1.29 is 19.4 Å². The Labute approximate surface area is 280 Å². The fraction of sp³-hybridized carbons (Fsp3) is 0.244. The summed E-state index contributed by atoms with van der Waals surface area (Å²) >= 11 is 0. The number of nitrogens with zero attached hydrogens (tertiary/aromatic N) is 3. The Morgan fingerprint density at radius 2 is 1.52 bits per heavy atom. The molecule has 2 unspecified atom stereocenters. The smallest absolute Gasteiger partial charge is 0.150 e. The molecule has 1 aliphatic carbocycles. The number of ether oxygens (including phenoxy) is 1. The van der Waals surface area contributed by atoms with Crippen LogP contribution in [0.1, 0.15) is 77.9 Å². The molecule has 0 amide bonds. The molecule has 0 spiro atoms. The van der Waals surface area contributed by atoms with Gasteiger partial charge in [0.1, 0.15) is 23.4 Å². The minimum Gasteiger partial charge on any atom is -0.508 e. The third kappa shape index (κ3) is 5.86. The van der Waals surface area contributed by atoms with Crippen molar-refractivity contribution in [3.63, 3.8) is 0 Å². The van der Waals surface area contributed by atoms with Crippen LogP contribution in [0.15, 0.2) is 103 Å². The molecule has 48 heavy (non-hydrogen) atoms. The Balaban J connectivity index is 0.881. The Kier molecular flexibility index (Phi) is 7.98. The molecule has 7 nitrogen and oxygen atoms in total.